The van der Waals surface area contributed by atoms with Crippen LogP contribution in [-0.4, -0.2) is 16.1 Å². The van der Waals surface area contributed by atoms with Crippen molar-refractivity contribution in [1.29, 1.82) is 0 Å². The van der Waals surface area contributed by atoms with Crippen LogP contribution in [0.1, 0.15) is 19.3 Å². The van der Waals surface area contributed by atoms with Gasteiger partial charge in [0.25, 0.3) is 0 Å². The van der Waals surface area contributed by atoms with Crippen LogP contribution in [0, 0.1) is 0 Å². The van der Waals surface area contributed by atoms with E-state index in [1.807, 2.05) is 0 Å². The lowest BCUT2D eigenvalue weighted by Gasteiger charge is -2.14. The second kappa shape index (κ2) is 6.27. The first-order chi connectivity index (χ1) is 12.4. The molecule has 4 aromatic rings. The SMILES string of the molecule is c1ccc2c(c1)c1ccccc1n2-c1ccc([S+]2CCCCC2)cc1. The van der Waals surface area contributed by atoms with E-state index in [4.69, 9.17) is 0 Å². The summed E-state index contributed by atoms with van der Waals surface area (Å²) in [5, 5.41) is 2.66. The van der Waals surface area contributed by atoms with Gasteiger partial charge in [-0.15, -0.1) is 0 Å². The topological polar surface area (TPSA) is 4.93 Å². The lowest BCUT2D eigenvalue weighted by molar-refractivity contribution is 0.756. The second-order valence-corrected chi connectivity index (χ2v) is 9.10. The third-order valence-electron chi connectivity index (χ3n) is 5.29. The van der Waals surface area contributed by atoms with E-state index in [1.54, 1.807) is 4.90 Å². The highest BCUT2D eigenvalue weighted by Gasteiger charge is 2.24. The molecule has 0 aliphatic carbocycles. The van der Waals surface area contributed by atoms with Gasteiger partial charge in [-0.25, -0.2) is 0 Å². The molecule has 1 fully saturated rings. The molecule has 1 saturated heterocycles. The molecule has 0 atom stereocenters. The summed E-state index contributed by atoms with van der Waals surface area (Å²) in [5.74, 6) is 2.77. The number of para-hydroxylation sites is 2. The molecule has 0 unspecified atom stereocenters. The molecule has 0 spiro atoms. The molecule has 0 bridgehead atoms. The minimum absolute atomic E-state index is 0.473. The van der Waals surface area contributed by atoms with Crippen LogP contribution in [0.15, 0.2) is 77.7 Å². The molecule has 0 amide bonds. The summed E-state index contributed by atoms with van der Waals surface area (Å²) in [6.45, 7) is 0. The number of nitrogens with zero attached hydrogens (tertiary/aromatic N) is 1. The van der Waals surface area contributed by atoms with E-state index in [0.717, 1.165) is 0 Å². The Morgan fingerprint density at radius 1 is 0.600 bits per heavy atom. The minimum atomic E-state index is 0.473. The molecular weight excluding hydrogens is 322 g/mol. The minimum Gasteiger partial charge on any atom is -0.309 e. The zero-order valence-corrected chi connectivity index (χ0v) is 15.1. The smallest absolute Gasteiger partial charge is 0.155 e. The van der Waals surface area contributed by atoms with E-state index in [1.165, 1.54) is 58.3 Å². The highest BCUT2D eigenvalue weighted by atomic mass is 32.2. The Bertz CT molecular complexity index is 970. The van der Waals surface area contributed by atoms with Gasteiger partial charge in [0.05, 0.1) is 11.0 Å². The summed E-state index contributed by atoms with van der Waals surface area (Å²) in [6, 6.07) is 26.8. The summed E-state index contributed by atoms with van der Waals surface area (Å²) >= 11 is 0. The predicted molar refractivity (Wildman–Crippen MR) is 110 cm³/mol. The van der Waals surface area contributed by atoms with E-state index >= 15 is 0 Å². The van der Waals surface area contributed by atoms with Crippen LogP contribution < -0.4 is 0 Å². The first kappa shape index (κ1) is 15.1. The predicted octanol–water partition coefficient (Wildman–Crippen LogP) is 5.94. The van der Waals surface area contributed by atoms with Crippen LogP contribution in [0.4, 0.5) is 0 Å². The van der Waals surface area contributed by atoms with Crippen molar-refractivity contribution in [2.24, 2.45) is 0 Å². The number of fused-ring (bicyclic) bond motifs is 3. The summed E-state index contributed by atoms with van der Waals surface area (Å²) in [7, 11) is 0.473. The monoisotopic (exact) mass is 344 g/mol. The number of rotatable bonds is 2. The van der Waals surface area contributed by atoms with Gasteiger partial charge >= 0.3 is 0 Å². The van der Waals surface area contributed by atoms with Gasteiger partial charge in [-0.3, -0.25) is 0 Å². The molecular formula is C23H22NS+. The van der Waals surface area contributed by atoms with Gasteiger partial charge in [0, 0.05) is 27.4 Å². The lowest BCUT2D eigenvalue weighted by Crippen LogP contribution is -2.17. The summed E-state index contributed by atoms with van der Waals surface area (Å²) in [4.78, 5) is 1.55. The maximum Gasteiger partial charge on any atom is 0.155 e. The largest absolute Gasteiger partial charge is 0.309 e. The van der Waals surface area contributed by atoms with E-state index in [2.05, 4.69) is 77.4 Å². The fourth-order valence-corrected chi connectivity index (χ4v) is 6.36. The highest BCUT2D eigenvalue weighted by Crippen LogP contribution is 2.32. The maximum atomic E-state index is 2.40. The van der Waals surface area contributed by atoms with Gasteiger partial charge in [0.15, 0.2) is 4.90 Å². The van der Waals surface area contributed by atoms with Crippen LogP contribution in [0.2, 0.25) is 0 Å². The van der Waals surface area contributed by atoms with Crippen LogP contribution in [-0.2, 0) is 10.9 Å². The summed E-state index contributed by atoms with van der Waals surface area (Å²) in [6.07, 6.45) is 4.22. The Morgan fingerprint density at radius 3 is 1.76 bits per heavy atom. The Morgan fingerprint density at radius 2 is 1.16 bits per heavy atom. The number of hydrogen-bond acceptors (Lipinski definition) is 0. The molecule has 25 heavy (non-hydrogen) atoms. The molecule has 1 aliphatic heterocycles. The first-order valence-corrected chi connectivity index (χ1v) is 10.7. The van der Waals surface area contributed by atoms with Gasteiger partial charge in [0.2, 0.25) is 0 Å². The third-order valence-corrected chi connectivity index (χ3v) is 7.79. The first-order valence-electron chi connectivity index (χ1n) is 9.18. The van der Waals surface area contributed by atoms with E-state index in [-0.39, 0.29) is 0 Å². The molecule has 5 rings (SSSR count). The van der Waals surface area contributed by atoms with Gasteiger partial charge in [-0.1, -0.05) is 36.4 Å². The molecule has 3 aromatic carbocycles. The van der Waals surface area contributed by atoms with Gasteiger partial charge < -0.3 is 4.57 Å². The summed E-state index contributed by atoms with van der Waals surface area (Å²) in [5.41, 5.74) is 3.84. The molecule has 2 heteroatoms. The molecule has 0 saturated carbocycles. The van der Waals surface area contributed by atoms with Crippen molar-refractivity contribution in [2.45, 2.75) is 24.2 Å². The second-order valence-electron chi connectivity index (χ2n) is 6.83. The van der Waals surface area contributed by atoms with Crippen molar-refractivity contribution < 1.29 is 0 Å². The molecule has 1 aliphatic rings. The zero-order valence-electron chi connectivity index (χ0n) is 14.3. The van der Waals surface area contributed by atoms with Crippen molar-refractivity contribution >= 4 is 32.7 Å². The quantitative estimate of drug-likeness (QED) is 0.396. The van der Waals surface area contributed by atoms with E-state index in [9.17, 15) is 0 Å². The Hall–Kier alpha value is -2.19. The van der Waals surface area contributed by atoms with Crippen LogP contribution in [0.5, 0.6) is 0 Å². The molecule has 1 aromatic heterocycles. The third kappa shape index (κ3) is 2.56. The van der Waals surface area contributed by atoms with Gasteiger partial charge in [-0.2, -0.15) is 0 Å². The molecule has 2 heterocycles. The molecule has 1 nitrogen and oxygen atoms in total. The maximum absolute atomic E-state index is 2.40. The number of benzene rings is 3. The fraction of sp³-hybridized carbons (Fsp3) is 0.217. The average molecular weight is 345 g/mol. The summed E-state index contributed by atoms with van der Waals surface area (Å²) < 4.78 is 2.40. The standard InChI is InChI=1S/C23H22NS/c1-6-16-25(17-7-1)19-14-12-18(13-15-19)24-22-10-4-2-8-20(22)21-9-3-5-11-23(21)24/h2-5,8-15H,1,6-7,16-17H2/q+1. The van der Waals surface area contributed by atoms with Crippen LogP contribution in [0.3, 0.4) is 0 Å². The van der Waals surface area contributed by atoms with Crippen LogP contribution in [0.25, 0.3) is 27.5 Å². The van der Waals surface area contributed by atoms with Crippen molar-refractivity contribution in [3.63, 3.8) is 0 Å². The molecule has 0 N–H and O–H groups in total. The van der Waals surface area contributed by atoms with Crippen LogP contribution >= 0.6 is 0 Å². The number of aromatic nitrogens is 1. The lowest BCUT2D eigenvalue weighted by atomic mass is 10.2. The average Bonchev–Trinajstić information content (AvgIpc) is 3.03. The van der Waals surface area contributed by atoms with Crippen molar-refractivity contribution in [2.75, 3.05) is 11.5 Å². The van der Waals surface area contributed by atoms with Crippen molar-refractivity contribution in [1.82, 2.24) is 4.57 Å². The fourth-order valence-electron chi connectivity index (χ4n) is 4.06. The number of hydrogen-bond donors (Lipinski definition) is 0. The Labute approximate surface area is 151 Å². The molecule has 0 radical (unpaired) electrons. The molecule has 124 valence electrons. The zero-order chi connectivity index (χ0) is 16.6. The normalized spacial score (nSPS) is 15.8. The highest BCUT2D eigenvalue weighted by molar-refractivity contribution is 7.96. The van der Waals surface area contributed by atoms with Gasteiger partial charge in [0.1, 0.15) is 11.5 Å². The van der Waals surface area contributed by atoms with E-state index < -0.39 is 0 Å². The Balaban J connectivity index is 1.65. The van der Waals surface area contributed by atoms with Gasteiger partial charge in [-0.05, 0) is 55.7 Å². The van der Waals surface area contributed by atoms with E-state index in [0.29, 0.717) is 10.9 Å². The van der Waals surface area contributed by atoms with Crippen molar-refractivity contribution in [3.8, 4) is 5.69 Å². The Kier molecular flexibility index (Phi) is 3.79. The van der Waals surface area contributed by atoms with Crippen molar-refractivity contribution in [3.05, 3.63) is 72.8 Å².